The molecular weight excluding hydrogens is 248 g/mol. The lowest BCUT2D eigenvalue weighted by Gasteiger charge is -2.46. The van der Waals surface area contributed by atoms with E-state index in [1.807, 2.05) is 0 Å². The van der Waals surface area contributed by atoms with E-state index in [0.29, 0.717) is 18.3 Å². The predicted molar refractivity (Wildman–Crippen MR) is 65.4 cm³/mol. The van der Waals surface area contributed by atoms with Gasteiger partial charge in [-0.3, -0.25) is 14.6 Å². The quantitative estimate of drug-likeness (QED) is 0.702. The lowest BCUT2D eigenvalue weighted by atomic mass is 10.1. The number of esters is 1. The molecule has 0 radical (unpaired) electrons. The third-order valence-electron chi connectivity index (χ3n) is 3.66. The number of fused-ring (bicyclic) bond motifs is 3. The summed E-state index contributed by atoms with van der Waals surface area (Å²) < 4.78 is 10.00. The number of hydrogen-bond donors (Lipinski definition) is 0. The summed E-state index contributed by atoms with van der Waals surface area (Å²) in [5, 5.41) is 4.01. The number of ether oxygens (including phenoxy) is 1. The van der Waals surface area contributed by atoms with Gasteiger partial charge in [0.15, 0.2) is 5.82 Å². The van der Waals surface area contributed by atoms with Gasteiger partial charge in [0, 0.05) is 32.7 Å². The summed E-state index contributed by atoms with van der Waals surface area (Å²) >= 11 is 0. The molecule has 1 atom stereocenters. The largest absolute Gasteiger partial charge is 0.466 e. The molecule has 1 aromatic heterocycles. The summed E-state index contributed by atoms with van der Waals surface area (Å²) in [5.41, 5.74) is 0. The van der Waals surface area contributed by atoms with E-state index in [4.69, 9.17) is 9.26 Å². The average molecular weight is 266 g/mol. The number of rotatable bonds is 4. The summed E-state index contributed by atoms with van der Waals surface area (Å²) in [6.07, 6.45) is 0.0529. The molecule has 7 nitrogen and oxygen atoms in total. The van der Waals surface area contributed by atoms with Crippen LogP contribution in [0.2, 0.25) is 0 Å². The van der Waals surface area contributed by atoms with Crippen molar-refractivity contribution in [2.24, 2.45) is 0 Å². The van der Waals surface area contributed by atoms with Crippen molar-refractivity contribution in [1.82, 2.24) is 19.9 Å². The minimum Gasteiger partial charge on any atom is -0.466 e. The first kappa shape index (κ1) is 12.6. The standard InChI is InChI=1S/C12H18N4O3/c1-2-18-11(17)7-10-13-12(14-19-10)9-8-15-3-5-16(9)6-4-15/h9H,2-8H2,1H3. The highest BCUT2D eigenvalue weighted by Crippen LogP contribution is 2.26. The van der Waals surface area contributed by atoms with Crippen LogP contribution in [0.5, 0.6) is 0 Å². The maximum Gasteiger partial charge on any atom is 0.315 e. The van der Waals surface area contributed by atoms with Crippen molar-refractivity contribution in [2.75, 3.05) is 39.3 Å². The first-order valence-electron chi connectivity index (χ1n) is 6.70. The molecule has 7 heteroatoms. The molecule has 3 saturated heterocycles. The second-order valence-electron chi connectivity index (χ2n) is 4.88. The fourth-order valence-corrected chi connectivity index (χ4v) is 2.67. The zero-order chi connectivity index (χ0) is 13.2. The van der Waals surface area contributed by atoms with Gasteiger partial charge in [-0.15, -0.1) is 0 Å². The van der Waals surface area contributed by atoms with Crippen LogP contribution in [-0.2, 0) is 16.0 Å². The molecule has 2 bridgehead atoms. The fraction of sp³-hybridized carbons (Fsp3) is 0.750. The predicted octanol–water partition coefficient (Wildman–Crippen LogP) is -0.152. The van der Waals surface area contributed by atoms with E-state index in [2.05, 4.69) is 19.9 Å². The summed E-state index contributed by atoms with van der Waals surface area (Å²) in [7, 11) is 0. The molecule has 4 heterocycles. The van der Waals surface area contributed by atoms with Gasteiger partial charge >= 0.3 is 5.97 Å². The van der Waals surface area contributed by atoms with E-state index >= 15 is 0 Å². The molecule has 3 aliphatic heterocycles. The Morgan fingerprint density at radius 2 is 2.21 bits per heavy atom. The number of nitrogens with zero attached hydrogens (tertiary/aromatic N) is 4. The SMILES string of the molecule is CCOC(=O)Cc1nc(C2CN3CCN2CC3)no1. The molecule has 1 aromatic rings. The smallest absolute Gasteiger partial charge is 0.315 e. The van der Waals surface area contributed by atoms with E-state index in [-0.39, 0.29) is 18.4 Å². The number of carbonyl (C=O) groups excluding carboxylic acids is 1. The van der Waals surface area contributed by atoms with Gasteiger partial charge in [-0.2, -0.15) is 4.98 Å². The van der Waals surface area contributed by atoms with E-state index in [1.165, 1.54) is 0 Å². The molecule has 0 spiro atoms. The van der Waals surface area contributed by atoms with Crippen LogP contribution in [0.15, 0.2) is 4.52 Å². The lowest BCUT2D eigenvalue weighted by molar-refractivity contribution is -0.142. The summed E-state index contributed by atoms with van der Waals surface area (Å²) in [6.45, 7) is 7.41. The molecule has 3 aliphatic rings. The van der Waals surface area contributed by atoms with Crippen LogP contribution < -0.4 is 0 Å². The Morgan fingerprint density at radius 3 is 2.84 bits per heavy atom. The normalized spacial score (nSPS) is 29.4. The maximum absolute atomic E-state index is 11.4. The third kappa shape index (κ3) is 2.62. The minimum absolute atomic E-state index is 0.0529. The molecule has 0 aliphatic carbocycles. The third-order valence-corrected chi connectivity index (χ3v) is 3.66. The van der Waals surface area contributed by atoms with Crippen molar-refractivity contribution in [3.05, 3.63) is 11.7 Å². The first-order valence-corrected chi connectivity index (χ1v) is 6.70. The van der Waals surface area contributed by atoms with Crippen molar-refractivity contribution >= 4 is 5.97 Å². The minimum atomic E-state index is -0.327. The van der Waals surface area contributed by atoms with Gasteiger partial charge < -0.3 is 9.26 Å². The second-order valence-corrected chi connectivity index (χ2v) is 4.88. The van der Waals surface area contributed by atoms with Crippen LogP contribution >= 0.6 is 0 Å². The van der Waals surface area contributed by atoms with Gasteiger partial charge in [-0.25, -0.2) is 0 Å². The maximum atomic E-state index is 11.4. The Labute approximate surface area is 111 Å². The van der Waals surface area contributed by atoms with Crippen LogP contribution in [-0.4, -0.2) is 65.2 Å². The molecule has 0 amide bonds. The molecule has 0 aromatic carbocycles. The van der Waals surface area contributed by atoms with Gasteiger partial charge in [0.1, 0.15) is 6.42 Å². The van der Waals surface area contributed by atoms with Gasteiger partial charge in [0.05, 0.1) is 12.6 Å². The van der Waals surface area contributed by atoms with Gasteiger partial charge in [0.25, 0.3) is 0 Å². The van der Waals surface area contributed by atoms with Crippen molar-refractivity contribution in [2.45, 2.75) is 19.4 Å². The summed E-state index contributed by atoms with van der Waals surface area (Å²) in [6, 6.07) is 0.196. The highest BCUT2D eigenvalue weighted by Gasteiger charge is 2.35. The van der Waals surface area contributed by atoms with Crippen molar-refractivity contribution < 1.29 is 14.1 Å². The molecule has 3 fully saturated rings. The van der Waals surface area contributed by atoms with E-state index in [1.54, 1.807) is 6.92 Å². The first-order chi connectivity index (χ1) is 9.26. The van der Waals surface area contributed by atoms with Crippen molar-refractivity contribution in [3.8, 4) is 0 Å². The molecular formula is C12H18N4O3. The Kier molecular flexibility index (Phi) is 3.48. The highest BCUT2D eigenvalue weighted by atomic mass is 16.5. The van der Waals surface area contributed by atoms with Crippen LogP contribution in [0.1, 0.15) is 24.7 Å². The van der Waals surface area contributed by atoms with Crippen LogP contribution in [0, 0.1) is 0 Å². The van der Waals surface area contributed by atoms with Gasteiger partial charge in [-0.1, -0.05) is 5.16 Å². The monoisotopic (exact) mass is 266 g/mol. The van der Waals surface area contributed by atoms with Crippen molar-refractivity contribution in [1.29, 1.82) is 0 Å². The van der Waals surface area contributed by atoms with Crippen molar-refractivity contribution in [3.63, 3.8) is 0 Å². The van der Waals surface area contributed by atoms with E-state index in [0.717, 1.165) is 32.7 Å². The molecule has 0 saturated carbocycles. The van der Waals surface area contributed by atoms with Crippen LogP contribution in [0.4, 0.5) is 0 Å². The van der Waals surface area contributed by atoms with Gasteiger partial charge in [0.2, 0.25) is 5.89 Å². The lowest BCUT2D eigenvalue weighted by Crippen LogP contribution is -2.57. The Morgan fingerprint density at radius 1 is 1.42 bits per heavy atom. The number of aromatic nitrogens is 2. The molecule has 19 heavy (non-hydrogen) atoms. The average Bonchev–Trinajstić information content (AvgIpc) is 2.88. The molecule has 1 unspecified atom stereocenters. The molecule has 4 rings (SSSR count). The van der Waals surface area contributed by atoms with Crippen LogP contribution in [0.25, 0.3) is 0 Å². The summed E-state index contributed by atoms with van der Waals surface area (Å²) in [4.78, 5) is 20.5. The Bertz CT molecular complexity index is 454. The number of carbonyl (C=O) groups is 1. The van der Waals surface area contributed by atoms with E-state index < -0.39 is 0 Å². The van der Waals surface area contributed by atoms with Gasteiger partial charge in [-0.05, 0) is 6.92 Å². The topological polar surface area (TPSA) is 71.7 Å². The number of hydrogen-bond acceptors (Lipinski definition) is 7. The zero-order valence-corrected chi connectivity index (χ0v) is 11.0. The van der Waals surface area contributed by atoms with E-state index in [9.17, 15) is 4.79 Å². The number of piperazine rings is 3. The highest BCUT2D eigenvalue weighted by molar-refractivity contribution is 5.71. The zero-order valence-electron chi connectivity index (χ0n) is 11.0. The second kappa shape index (κ2) is 5.26. The Balaban J connectivity index is 1.66. The molecule has 104 valence electrons. The molecule has 0 N–H and O–H groups in total. The van der Waals surface area contributed by atoms with Crippen LogP contribution in [0.3, 0.4) is 0 Å². The summed E-state index contributed by atoms with van der Waals surface area (Å²) in [5.74, 6) is 0.696. The Hall–Kier alpha value is -1.47. The fourth-order valence-electron chi connectivity index (χ4n) is 2.67.